The number of hydrogen-bond acceptors (Lipinski definition) is 7. The summed E-state index contributed by atoms with van der Waals surface area (Å²) in [7, 11) is 0. The average Bonchev–Trinajstić information content (AvgIpc) is 2.67. The van der Waals surface area contributed by atoms with E-state index in [2.05, 4.69) is 5.32 Å². The van der Waals surface area contributed by atoms with Crippen LogP contribution >= 0.6 is 11.6 Å². The summed E-state index contributed by atoms with van der Waals surface area (Å²) in [5, 5.41) is 13.5. The van der Waals surface area contributed by atoms with Crippen molar-refractivity contribution in [2.24, 2.45) is 0 Å². The Morgan fingerprint density at radius 2 is 2.00 bits per heavy atom. The molecule has 1 amide bonds. The van der Waals surface area contributed by atoms with Crippen LogP contribution in [0.15, 0.2) is 30.3 Å². The number of non-ortho nitro benzene ring substituents is 1. The predicted octanol–water partition coefficient (Wildman–Crippen LogP) is 3.12. The number of amides is 1. The fourth-order valence-electron chi connectivity index (χ4n) is 2.49. The molecule has 0 radical (unpaired) electrons. The van der Waals surface area contributed by atoms with Crippen molar-refractivity contribution >= 4 is 34.9 Å². The summed E-state index contributed by atoms with van der Waals surface area (Å²) in [6, 6.07) is 6.86. The van der Waals surface area contributed by atoms with Gasteiger partial charge >= 0.3 is 5.97 Å². The van der Waals surface area contributed by atoms with Crippen LogP contribution in [0.2, 0.25) is 5.02 Å². The van der Waals surface area contributed by atoms with Crippen molar-refractivity contribution in [1.82, 2.24) is 0 Å². The first-order valence-corrected chi connectivity index (χ1v) is 8.54. The van der Waals surface area contributed by atoms with Gasteiger partial charge in [0, 0.05) is 12.1 Å². The number of anilines is 1. The number of rotatable bonds is 5. The minimum absolute atomic E-state index is 0.105. The maximum Gasteiger partial charge on any atom is 0.338 e. The Morgan fingerprint density at radius 1 is 1.25 bits per heavy atom. The highest BCUT2D eigenvalue weighted by atomic mass is 35.5. The lowest BCUT2D eigenvalue weighted by molar-refractivity contribution is -0.384. The number of carbonyl (C=O) groups is 2. The highest BCUT2D eigenvalue weighted by Gasteiger charge is 2.20. The van der Waals surface area contributed by atoms with E-state index in [-0.39, 0.29) is 22.0 Å². The number of ether oxygens (including phenoxy) is 3. The molecule has 10 heteroatoms. The molecule has 0 atom stereocenters. The van der Waals surface area contributed by atoms with Crippen molar-refractivity contribution in [1.29, 1.82) is 0 Å². The zero-order valence-electron chi connectivity index (χ0n) is 14.7. The molecule has 0 aliphatic carbocycles. The van der Waals surface area contributed by atoms with E-state index in [1.54, 1.807) is 6.92 Å². The number of nitro groups is 1. The Bertz CT molecular complexity index is 961. The van der Waals surface area contributed by atoms with Crippen LogP contribution in [0, 0.1) is 17.0 Å². The number of nitrogens with zero attached hydrogens (tertiary/aromatic N) is 1. The normalized spacial score (nSPS) is 12.2. The molecule has 1 heterocycles. The number of nitrogens with one attached hydrogen (secondary N) is 1. The molecule has 28 heavy (non-hydrogen) atoms. The quantitative estimate of drug-likeness (QED) is 0.460. The van der Waals surface area contributed by atoms with Gasteiger partial charge in [0.1, 0.15) is 13.2 Å². The smallest absolute Gasteiger partial charge is 0.338 e. The summed E-state index contributed by atoms with van der Waals surface area (Å²) < 4.78 is 15.7. The Balaban J connectivity index is 1.63. The van der Waals surface area contributed by atoms with Gasteiger partial charge in [0.05, 0.1) is 21.2 Å². The second kappa shape index (κ2) is 8.13. The van der Waals surface area contributed by atoms with Gasteiger partial charge in [0.2, 0.25) is 0 Å². The molecule has 0 saturated carbocycles. The van der Waals surface area contributed by atoms with Gasteiger partial charge < -0.3 is 19.5 Å². The lowest BCUT2D eigenvalue weighted by Gasteiger charge is -2.20. The zero-order chi connectivity index (χ0) is 20.3. The van der Waals surface area contributed by atoms with Gasteiger partial charge in [-0.1, -0.05) is 17.7 Å². The second-order valence-electron chi connectivity index (χ2n) is 5.86. The van der Waals surface area contributed by atoms with Crippen LogP contribution in [-0.2, 0) is 9.53 Å². The van der Waals surface area contributed by atoms with E-state index in [9.17, 15) is 19.7 Å². The van der Waals surface area contributed by atoms with Crippen LogP contribution in [-0.4, -0.2) is 36.6 Å². The van der Waals surface area contributed by atoms with Crippen molar-refractivity contribution in [3.05, 3.63) is 56.6 Å². The second-order valence-corrected chi connectivity index (χ2v) is 6.27. The number of benzene rings is 2. The van der Waals surface area contributed by atoms with Crippen LogP contribution in [0.3, 0.4) is 0 Å². The third kappa shape index (κ3) is 4.32. The fourth-order valence-corrected chi connectivity index (χ4v) is 2.75. The van der Waals surface area contributed by atoms with E-state index in [1.807, 2.05) is 0 Å². The molecule has 2 aromatic rings. The Morgan fingerprint density at radius 3 is 2.75 bits per heavy atom. The molecule has 146 valence electrons. The molecule has 0 fully saturated rings. The van der Waals surface area contributed by atoms with Crippen LogP contribution in [0.4, 0.5) is 11.4 Å². The molecule has 1 aliphatic heterocycles. The number of hydrogen-bond donors (Lipinski definition) is 1. The molecule has 2 aromatic carbocycles. The van der Waals surface area contributed by atoms with E-state index in [0.29, 0.717) is 30.3 Å². The molecule has 1 aliphatic rings. The first-order valence-electron chi connectivity index (χ1n) is 8.16. The number of nitro benzene ring substituents is 1. The van der Waals surface area contributed by atoms with Gasteiger partial charge in [-0.3, -0.25) is 14.9 Å². The number of fused-ring (bicyclic) bond motifs is 1. The molecule has 9 nitrogen and oxygen atoms in total. The summed E-state index contributed by atoms with van der Waals surface area (Å²) in [5.41, 5.74) is 0.832. The fraction of sp³-hybridized carbons (Fsp3) is 0.222. The van der Waals surface area contributed by atoms with Crippen LogP contribution in [0.25, 0.3) is 0 Å². The molecule has 0 unspecified atom stereocenters. The van der Waals surface area contributed by atoms with Crippen molar-refractivity contribution in [2.45, 2.75) is 6.92 Å². The molecular formula is C18H15ClN2O7. The van der Waals surface area contributed by atoms with Gasteiger partial charge in [0.15, 0.2) is 18.1 Å². The number of esters is 1. The molecule has 0 bridgehead atoms. The third-order valence-corrected chi connectivity index (χ3v) is 4.15. The summed E-state index contributed by atoms with van der Waals surface area (Å²) in [5.74, 6) is -0.740. The van der Waals surface area contributed by atoms with E-state index >= 15 is 0 Å². The lowest BCUT2D eigenvalue weighted by atomic mass is 10.2. The summed E-state index contributed by atoms with van der Waals surface area (Å²) in [4.78, 5) is 34.5. The number of carbonyl (C=O) groups excluding carboxylic acids is 2. The van der Waals surface area contributed by atoms with Crippen molar-refractivity contribution in [3.63, 3.8) is 0 Å². The molecule has 0 spiro atoms. The van der Waals surface area contributed by atoms with Gasteiger partial charge in [-0.25, -0.2) is 4.79 Å². The van der Waals surface area contributed by atoms with Crippen LogP contribution in [0.5, 0.6) is 11.5 Å². The van der Waals surface area contributed by atoms with E-state index in [1.165, 1.54) is 30.3 Å². The van der Waals surface area contributed by atoms with Gasteiger partial charge in [0.25, 0.3) is 11.6 Å². The van der Waals surface area contributed by atoms with Crippen LogP contribution in [0.1, 0.15) is 15.9 Å². The minimum atomic E-state index is -0.773. The summed E-state index contributed by atoms with van der Waals surface area (Å²) in [6.45, 7) is 1.79. The molecule has 1 N–H and O–H groups in total. The highest BCUT2D eigenvalue weighted by Crippen LogP contribution is 2.38. The standard InChI is InChI=1S/C18H15ClN2O7/c1-10-2-3-12(21(24)25)8-14(10)20-16(22)9-28-18(23)11-6-13(19)17-15(7-11)26-4-5-27-17/h2-3,6-8H,4-5,9H2,1H3,(H,20,22). The maximum atomic E-state index is 12.2. The summed E-state index contributed by atoms with van der Waals surface area (Å²) in [6.07, 6.45) is 0. The largest absolute Gasteiger partial charge is 0.486 e. The maximum absolute atomic E-state index is 12.2. The van der Waals surface area contributed by atoms with Gasteiger partial charge in [-0.05, 0) is 24.6 Å². The Kier molecular flexibility index (Phi) is 5.65. The van der Waals surface area contributed by atoms with E-state index in [4.69, 9.17) is 25.8 Å². The predicted molar refractivity (Wildman–Crippen MR) is 99.2 cm³/mol. The third-order valence-electron chi connectivity index (χ3n) is 3.87. The monoisotopic (exact) mass is 406 g/mol. The minimum Gasteiger partial charge on any atom is -0.486 e. The first-order chi connectivity index (χ1) is 13.3. The topological polar surface area (TPSA) is 117 Å². The van der Waals surface area contributed by atoms with Crippen molar-refractivity contribution in [3.8, 4) is 11.5 Å². The van der Waals surface area contributed by atoms with Crippen molar-refractivity contribution < 1.29 is 28.7 Å². The Hall–Kier alpha value is -3.33. The highest BCUT2D eigenvalue weighted by molar-refractivity contribution is 6.32. The molecular weight excluding hydrogens is 392 g/mol. The van der Waals surface area contributed by atoms with Gasteiger partial charge in [-0.15, -0.1) is 0 Å². The SMILES string of the molecule is Cc1ccc([N+](=O)[O-])cc1NC(=O)COC(=O)c1cc(Cl)c2c(c1)OCCO2. The van der Waals surface area contributed by atoms with Gasteiger partial charge in [-0.2, -0.15) is 0 Å². The van der Waals surface area contributed by atoms with E-state index < -0.39 is 23.4 Å². The van der Waals surface area contributed by atoms with E-state index in [0.717, 1.165) is 0 Å². The lowest BCUT2D eigenvalue weighted by Crippen LogP contribution is -2.22. The molecule has 0 aromatic heterocycles. The van der Waals surface area contributed by atoms with Crippen LogP contribution < -0.4 is 14.8 Å². The molecule has 0 saturated heterocycles. The number of aryl methyl sites for hydroxylation is 1. The average molecular weight is 407 g/mol. The zero-order valence-corrected chi connectivity index (χ0v) is 15.4. The van der Waals surface area contributed by atoms with Crippen molar-refractivity contribution in [2.75, 3.05) is 25.1 Å². The number of halogens is 1. The summed E-state index contributed by atoms with van der Waals surface area (Å²) >= 11 is 6.07. The molecule has 3 rings (SSSR count). The Labute approximate surface area is 164 Å². The first kappa shape index (κ1) is 19.4.